The molecular formula is C9H6Cl3N. The van der Waals surface area contributed by atoms with Gasteiger partial charge in [-0.15, -0.1) is 11.6 Å². The fraction of sp³-hybridized carbons (Fsp3) is 0.222. The predicted molar refractivity (Wildman–Crippen MR) is 55.4 cm³/mol. The zero-order valence-corrected chi connectivity index (χ0v) is 8.87. The van der Waals surface area contributed by atoms with E-state index in [9.17, 15) is 0 Å². The molecule has 1 unspecified atom stereocenters. The molecule has 1 aromatic carbocycles. The molecule has 0 aliphatic heterocycles. The fourth-order valence-corrected chi connectivity index (χ4v) is 1.49. The summed E-state index contributed by atoms with van der Waals surface area (Å²) in [7, 11) is 0. The summed E-state index contributed by atoms with van der Waals surface area (Å²) in [5.74, 6) is 0. The van der Waals surface area contributed by atoms with Crippen LogP contribution < -0.4 is 0 Å². The molecule has 0 aliphatic rings. The molecule has 0 heterocycles. The first kappa shape index (κ1) is 10.7. The van der Waals surface area contributed by atoms with Crippen LogP contribution in [-0.2, 0) is 6.42 Å². The number of nitriles is 1. The van der Waals surface area contributed by atoms with Crippen molar-refractivity contribution >= 4 is 34.8 Å². The molecule has 0 amide bonds. The van der Waals surface area contributed by atoms with E-state index < -0.39 is 5.38 Å². The van der Waals surface area contributed by atoms with Gasteiger partial charge in [0.25, 0.3) is 0 Å². The Morgan fingerprint density at radius 1 is 1.38 bits per heavy atom. The maximum atomic E-state index is 8.50. The molecule has 68 valence electrons. The van der Waals surface area contributed by atoms with Crippen molar-refractivity contribution in [2.75, 3.05) is 0 Å². The zero-order valence-electron chi connectivity index (χ0n) is 6.60. The molecule has 0 N–H and O–H groups in total. The monoisotopic (exact) mass is 233 g/mol. The summed E-state index contributed by atoms with van der Waals surface area (Å²) in [6.07, 6.45) is 0.414. The smallest absolute Gasteiger partial charge is 0.124 e. The minimum absolute atomic E-state index is 0.414. The number of hydrogen-bond acceptors (Lipinski definition) is 1. The summed E-state index contributed by atoms with van der Waals surface area (Å²) in [6.45, 7) is 0. The number of halogens is 3. The highest BCUT2D eigenvalue weighted by Gasteiger charge is 2.07. The summed E-state index contributed by atoms with van der Waals surface area (Å²) in [6, 6.07) is 7.03. The van der Waals surface area contributed by atoms with E-state index in [1.165, 1.54) is 0 Å². The average Bonchev–Trinajstić information content (AvgIpc) is 2.11. The van der Waals surface area contributed by atoms with Crippen LogP contribution in [0.25, 0.3) is 0 Å². The number of hydrogen-bond donors (Lipinski definition) is 0. The second kappa shape index (κ2) is 4.72. The molecule has 4 heteroatoms. The van der Waals surface area contributed by atoms with E-state index in [1.54, 1.807) is 18.2 Å². The largest absolute Gasteiger partial charge is 0.197 e. The normalized spacial score (nSPS) is 12.2. The second-order valence-electron chi connectivity index (χ2n) is 2.54. The van der Waals surface area contributed by atoms with Gasteiger partial charge in [0.15, 0.2) is 0 Å². The van der Waals surface area contributed by atoms with Crippen LogP contribution in [0.5, 0.6) is 0 Å². The van der Waals surface area contributed by atoms with E-state index in [2.05, 4.69) is 0 Å². The lowest BCUT2D eigenvalue weighted by Crippen LogP contribution is -1.99. The second-order valence-corrected chi connectivity index (χ2v) is 3.91. The summed E-state index contributed by atoms with van der Waals surface area (Å²) < 4.78 is 0. The minimum atomic E-state index is -0.559. The Balaban J connectivity index is 2.88. The molecule has 0 saturated carbocycles. The topological polar surface area (TPSA) is 23.8 Å². The number of rotatable bonds is 2. The third-order valence-electron chi connectivity index (χ3n) is 1.55. The first-order valence-electron chi connectivity index (χ1n) is 3.61. The molecular weight excluding hydrogens is 228 g/mol. The number of nitrogens with zero attached hydrogens (tertiary/aromatic N) is 1. The van der Waals surface area contributed by atoms with Crippen LogP contribution in [0, 0.1) is 11.3 Å². The summed E-state index contributed by atoms with van der Waals surface area (Å²) in [4.78, 5) is 0. The van der Waals surface area contributed by atoms with Crippen molar-refractivity contribution in [2.24, 2.45) is 0 Å². The highest BCUT2D eigenvalue weighted by Crippen LogP contribution is 2.22. The Labute approximate surface area is 91.8 Å². The van der Waals surface area contributed by atoms with Crippen molar-refractivity contribution in [3.8, 4) is 6.07 Å². The molecule has 0 saturated heterocycles. The van der Waals surface area contributed by atoms with Crippen LogP contribution in [0.3, 0.4) is 0 Å². The lowest BCUT2D eigenvalue weighted by Gasteiger charge is -2.04. The zero-order chi connectivity index (χ0) is 9.84. The SMILES string of the molecule is N#CC(Cl)Cc1cc(Cl)ccc1Cl. The van der Waals surface area contributed by atoms with Crippen LogP contribution in [0.4, 0.5) is 0 Å². The highest BCUT2D eigenvalue weighted by atomic mass is 35.5. The molecule has 0 radical (unpaired) electrons. The van der Waals surface area contributed by atoms with E-state index >= 15 is 0 Å². The molecule has 0 spiro atoms. The van der Waals surface area contributed by atoms with Gasteiger partial charge in [-0.25, -0.2) is 0 Å². The molecule has 0 aliphatic carbocycles. The van der Waals surface area contributed by atoms with Gasteiger partial charge in [-0.2, -0.15) is 5.26 Å². The molecule has 1 rings (SSSR count). The van der Waals surface area contributed by atoms with Crippen molar-refractivity contribution < 1.29 is 0 Å². The maximum Gasteiger partial charge on any atom is 0.124 e. The molecule has 0 fully saturated rings. The van der Waals surface area contributed by atoms with E-state index in [0.29, 0.717) is 16.5 Å². The lowest BCUT2D eigenvalue weighted by molar-refractivity contribution is 1.02. The van der Waals surface area contributed by atoms with Gasteiger partial charge in [0.2, 0.25) is 0 Å². The third kappa shape index (κ3) is 3.08. The van der Waals surface area contributed by atoms with E-state index in [1.807, 2.05) is 6.07 Å². The Morgan fingerprint density at radius 2 is 2.08 bits per heavy atom. The predicted octanol–water partition coefficient (Wildman–Crippen LogP) is 3.67. The molecule has 1 nitrogen and oxygen atoms in total. The van der Waals surface area contributed by atoms with Crippen molar-refractivity contribution in [1.82, 2.24) is 0 Å². The van der Waals surface area contributed by atoms with Gasteiger partial charge in [0.1, 0.15) is 5.38 Å². The van der Waals surface area contributed by atoms with Crippen molar-refractivity contribution in [3.05, 3.63) is 33.8 Å². The van der Waals surface area contributed by atoms with Crippen molar-refractivity contribution in [1.29, 1.82) is 5.26 Å². The van der Waals surface area contributed by atoms with Crippen LogP contribution in [-0.4, -0.2) is 5.38 Å². The average molecular weight is 235 g/mol. The molecule has 1 aromatic rings. The maximum absolute atomic E-state index is 8.50. The highest BCUT2D eigenvalue weighted by molar-refractivity contribution is 6.33. The van der Waals surface area contributed by atoms with Crippen LogP contribution in [0.15, 0.2) is 18.2 Å². The number of benzene rings is 1. The van der Waals surface area contributed by atoms with Crippen LogP contribution in [0.2, 0.25) is 10.0 Å². The molecule has 0 bridgehead atoms. The van der Waals surface area contributed by atoms with Crippen molar-refractivity contribution in [2.45, 2.75) is 11.8 Å². The van der Waals surface area contributed by atoms with Gasteiger partial charge < -0.3 is 0 Å². The van der Waals surface area contributed by atoms with Gasteiger partial charge in [0.05, 0.1) is 6.07 Å². The van der Waals surface area contributed by atoms with Crippen LogP contribution >= 0.6 is 34.8 Å². The Bertz CT molecular complexity index is 343. The van der Waals surface area contributed by atoms with E-state index in [-0.39, 0.29) is 0 Å². The van der Waals surface area contributed by atoms with Gasteiger partial charge in [0, 0.05) is 16.5 Å². The Hall–Kier alpha value is -0.420. The van der Waals surface area contributed by atoms with Gasteiger partial charge in [-0.3, -0.25) is 0 Å². The summed E-state index contributed by atoms with van der Waals surface area (Å²) >= 11 is 17.3. The molecule has 13 heavy (non-hydrogen) atoms. The first-order valence-corrected chi connectivity index (χ1v) is 4.80. The standard InChI is InChI=1S/C9H6Cl3N/c10-7-1-2-9(12)6(3-7)4-8(11)5-13/h1-3,8H,4H2. The summed E-state index contributed by atoms with van der Waals surface area (Å²) in [5.41, 5.74) is 0.802. The fourth-order valence-electron chi connectivity index (χ4n) is 0.938. The van der Waals surface area contributed by atoms with E-state index in [4.69, 9.17) is 40.1 Å². The van der Waals surface area contributed by atoms with Gasteiger partial charge >= 0.3 is 0 Å². The Kier molecular flexibility index (Phi) is 3.87. The van der Waals surface area contributed by atoms with Crippen molar-refractivity contribution in [3.63, 3.8) is 0 Å². The lowest BCUT2D eigenvalue weighted by atomic mass is 10.1. The van der Waals surface area contributed by atoms with Gasteiger partial charge in [-0.05, 0) is 23.8 Å². The third-order valence-corrected chi connectivity index (χ3v) is 2.40. The van der Waals surface area contributed by atoms with E-state index in [0.717, 1.165) is 5.56 Å². The number of alkyl halides is 1. The summed E-state index contributed by atoms with van der Waals surface area (Å²) in [5, 5.41) is 9.13. The van der Waals surface area contributed by atoms with Crippen LogP contribution in [0.1, 0.15) is 5.56 Å². The first-order chi connectivity index (χ1) is 6.13. The molecule has 1 atom stereocenters. The van der Waals surface area contributed by atoms with Gasteiger partial charge in [-0.1, -0.05) is 23.2 Å². The molecule has 0 aromatic heterocycles. The minimum Gasteiger partial charge on any atom is -0.197 e. The Morgan fingerprint density at radius 3 is 2.69 bits per heavy atom. The quantitative estimate of drug-likeness (QED) is 0.716.